The molecule has 6 nitrogen and oxygen atoms in total. The van der Waals surface area contributed by atoms with E-state index in [1.165, 1.54) is 19.4 Å². The van der Waals surface area contributed by atoms with E-state index in [2.05, 4.69) is 26.8 Å². The topological polar surface area (TPSA) is 84.3 Å². The summed E-state index contributed by atoms with van der Waals surface area (Å²) in [5.74, 6) is 1.45. The van der Waals surface area contributed by atoms with Crippen molar-refractivity contribution in [3.8, 4) is 0 Å². The highest BCUT2D eigenvalue weighted by molar-refractivity contribution is 5.50. The second-order valence-corrected chi connectivity index (χ2v) is 4.68. The number of anilines is 3. The Labute approximate surface area is 102 Å². The van der Waals surface area contributed by atoms with Crippen molar-refractivity contribution in [2.45, 2.75) is 18.9 Å². The van der Waals surface area contributed by atoms with Gasteiger partial charge in [0.2, 0.25) is 5.95 Å². The van der Waals surface area contributed by atoms with Crippen LogP contribution < -0.4 is 16.4 Å². The number of hydrogen-bond acceptors (Lipinski definition) is 6. The first kappa shape index (κ1) is 11.9. The molecule has 1 saturated heterocycles. The lowest BCUT2D eigenvalue weighted by atomic mass is 10.1. The first-order chi connectivity index (χ1) is 8.06. The Kier molecular flexibility index (Phi) is 3.33. The predicted octanol–water partition coefficient (Wildman–Crippen LogP) is 0.171. The molecular weight excluding hydrogens is 216 g/mol. The van der Waals surface area contributed by atoms with Gasteiger partial charge in [-0.3, -0.25) is 0 Å². The third kappa shape index (κ3) is 2.76. The number of aromatic nitrogens is 2. The molecule has 2 heterocycles. The summed E-state index contributed by atoms with van der Waals surface area (Å²) < 4.78 is 0. The van der Waals surface area contributed by atoms with Crippen LogP contribution in [0.5, 0.6) is 0 Å². The zero-order chi connectivity index (χ0) is 12.4. The number of nitrogens with two attached hydrogens (primary N) is 2. The van der Waals surface area contributed by atoms with Crippen molar-refractivity contribution in [3.63, 3.8) is 0 Å². The Morgan fingerprint density at radius 3 is 2.82 bits per heavy atom. The molecule has 0 aromatic carbocycles. The van der Waals surface area contributed by atoms with Crippen molar-refractivity contribution in [3.05, 3.63) is 6.07 Å². The van der Waals surface area contributed by atoms with Crippen LogP contribution >= 0.6 is 0 Å². The molecule has 94 valence electrons. The second kappa shape index (κ2) is 4.75. The van der Waals surface area contributed by atoms with Crippen molar-refractivity contribution in [1.29, 1.82) is 0 Å². The quantitative estimate of drug-likeness (QED) is 0.761. The van der Waals surface area contributed by atoms with E-state index < -0.39 is 0 Å². The molecule has 0 aliphatic carbocycles. The summed E-state index contributed by atoms with van der Waals surface area (Å²) in [6, 6.07) is 2.23. The number of likely N-dealkylation sites (N-methyl/N-ethyl adjacent to an activating group) is 2. The summed E-state index contributed by atoms with van der Waals surface area (Å²) >= 11 is 0. The van der Waals surface area contributed by atoms with E-state index in [4.69, 9.17) is 11.5 Å². The molecule has 6 heteroatoms. The first-order valence-electron chi connectivity index (χ1n) is 5.87. The zero-order valence-electron chi connectivity index (χ0n) is 10.4. The van der Waals surface area contributed by atoms with Gasteiger partial charge in [0, 0.05) is 25.7 Å². The van der Waals surface area contributed by atoms with E-state index >= 15 is 0 Å². The van der Waals surface area contributed by atoms with Gasteiger partial charge in [0.25, 0.3) is 0 Å². The normalized spacial score (nSPS) is 21.4. The van der Waals surface area contributed by atoms with E-state index in [1.54, 1.807) is 6.07 Å². The van der Waals surface area contributed by atoms with Crippen LogP contribution in [-0.2, 0) is 0 Å². The molecule has 17 heavy (non-hydrogen) atoms. The van der Waals surface area contributed by atoms with Crippen molar-refractivity contribution < 1.29 is 0 Å². The number of nitrogens with zero attached hydrogens (tertiary/aromatic N) is 4. The standard InChI is InChI=1S/C11H20N6/c1-16-5-3-4-8(7-16)17(2)10-6-9(12)14-11(13)15-10/h6,8H,3-5,7H2,1-2H3,(H4,12,13,14,15). The molecule has 0 bridgehead atoms. The van der Waals surface area contributed by atoms with E-state index in [0.717, 1.165) is 12.4 Å². The summed E-state index contributed by atoms with van der Waals surface area (Å²) in [5.41, 5.74) is 11.3. The SMILES string of the molecule is CN1CCCC(N(C)c2cc(N)nc(N)n2)C1. The fourth-order valence-corrected chi connectivity index (χ4v) is 2.29. The minimum atomic E-state index is 0.232. The monoisotopic (exact) mass is 236 g/mol. The lowest BCUT2D eigenvalue weighted by molar-refractivity contribution is 0.247. The lowest BCUT2D eigenvalue weighted by Gasteiger charge is -2.36. The molecule has 1 aromatic rings. The predicted molar refractivity (Wildman–Crippen MR) is 69.8 cm³/mol. The largest absolute Gasteiger partial charge is 0.383 e. The van der Waals surface area contributed by atoms with Gasteiger partial charge in [-0.2, -0.15) is 9.97 Å². The fourth-order valence-electron chi connectivity index (χ4n) is 2.29. The van der Waals surface area contributed by atoms with Crippen LogP contribution in [0.15, 0.2) is 6.07 Å². The molecule has 1 aromatic heterocycles. The third-order valence-corrected chi connectivity index (χ3v) is 3.26. The highest BCUT2D eigenvalue weighted by atomic mass is 15.3. The van der Waals surface area contributed by atoms with Crippen LogP contribution in [0.25, 0.3) is 0 Å². The third-order valence-electron chi connectivity index (χ3n) is 3.26. The second-order valence-electron chi connectivity index (χ2n) is 4.68. The van der Waals surface area contributed by atoms with E-state index in [1.807, 2.05) is 7.05 Å². The molecule has 1 atom stereocenters. The van der Waals surface area contributed by atoms with E-state index in [9.17, 15) is 0 Å². The average molecular weight is 236 g/mol. The lowest BCUT2D eigenvalue weighted by Crippen LogP contribution is -2.45. The first-order valence-corrected chi connectivity index (χ1v) is 5.87. The van der Waals surface area contributed by atoms with Crippen molar-refractivity contribution in [1.82, 2.24) is 14.9 Å². The highest BCUT2D eigenvalue weighted by Gasteiger charge is 2.22. The van der Waals surface area contributed by atoms with Gasteiger partial charge in [0.15, 0.2) is 0 Å². The van der Waals surface area contributed by atoms with Crippen molar-refractivity contribution in [2.75, 3.05) is 43.6 Å². The summed E-state index contributed by atoms with van der Waals surface area (Å²) in [4.78, 5) is 12.6. The van der Waals surface area contributed by atoms with Gasteiger partial charge in [-0.1, -0.05) is 0 Å². The number of nitrogen functional groups attached to an aromatic ring is 2. The maximum Gasteiger partial charge on any atom is 0.223 e. The fraction of sp³-hybridized carbons (Fsp3) is 0.636. The number of piperidine rings is 1. The highest BCUT2D eigenvalue weighted by Crippen LogP contribution is 2.20. The Balaban J connectivity index is 2.15. The van der Waals surface area contributed by atoms with Gasteiger partial charge in [-0.05, 0) is 26.4 Å². The van der Waals surface area contributed by atoms with E-state index in [-0.39, 0.29) is 5.95 Å². The Bertz CT molecular complexity index is 373. The van der Waals surface area contributed by atoms with Gasteiger partial charge in [0.1, 0.15) is 11.6 Å². The summed E-state index contributed by atoms with van der Waals surface area (Å²) in [7, 11) is 4.17. The summed E-state index contributed by atoms with van der Waals surface area (Å²) in [5, 5.41) is 0. The molecule has 0 saturated carbocycles. The van der Waals surface area contributed by atoms with Gasteiger partial charge < -0.3 is 21.3 Å². The molecule has 0 radical (unpaired) electrons. The van der Waals surface area contributed by atoms with Crippen molar-refractivity contribution in [2.24, 2.45) is 0 Å². The van der Waals surface area contributed by atoms with Gasteiger partial charge in [-0.25, -0.2) is 0 Å². The van der Waals surface area contributed by atoms with Gasteiger partial charge in [-0.15, -0.1) is 0 Å². The van der Waals surface area contributed by atoms with Crippen molar-refractivity contribution >= 4 is 17.6 Å². The molecule has 0 amide bonds. The van der Waals surface area contributed by atoms with Crippen LogP contribution in [-0.4, -0.2) is 48.1 Å². The maximum atomic E-state index is 5.69. The molecule has 1 fully saturated rings. The molecule has 1 aliphatic rings. The Morgan fingerprint density at radius 1 is 1.41 bits per heavy atom. The summed E-state index contributed by atoms with van der Waals surface area (Å²) in [6.07, 6.45) is 2.38. The zero-order valence-corrected chi connectivity index (χ0v) is 10.4. The average Bonchev–Trinajstić information content (AvgIpc) is 2.26. The molecule has 1 unspecified atom stereocenters. The van der Waals surface area contributed by atoms with Gasteiger partial charge >= 0.3 is 0 Å². The molecular formula is C11H20N6. The van der Waals surface area contributed by atoms with Gasteiger partial charge in [0.05, 0.1) is 0 Å². The molecule has 0 spiro atoms. The molecule has 2 rings (SSSR count). The van der Waals surface area contributed by atoms with Crippen LogP contribution in [0.3, 0.4) is 0 Å². The van der Waals surface area contributed by atoms with Crippen LogP contribution in [0.2, 0.25) is 0 Å². The Morgan fingerprint density at radius 2 is 2.18 bits per heavy atom. The Hall–Kier alpha value is -1.56. The molecule has 4 N–H and O–H groups in total. The van der Waals surface area contributed by atoms with Crippen LogP contribution in [0.1, 0.15) is 12.8 Å². The number of likely N-dealkylation sites (tertiary alicyclic amines) is 1. The minimum absolute atomic E-state index is 0.232. The van der Waals surface area contributed by atoms with Crippen LogP contribution in [0.4, 0.5) is 17.6 Å². The molecule has 1 aliphatic heterocycles. The van der Waals surface area contributed by atoms with Crippen LogP contribution in [0, 0.1) is 0 Å². The number of rotatable bonds is 2. The number of hydrogen-bond donors (Lipinski definition) is 2. The smallest absolute Gasteiger partial charge is 0.223 e. The maximum absolute atomic E-state index is 5.69. The summed E-state index contributed by atoms with van der Waals surface area (Å²) in [6.45, 7) is 2.21. The van der Waals surface area contributed by atoms with E-state index in [0.29, 0.717) is 11.9 Å². The minimum Gasteiger partial charge on any atom is -0.383 e.